The minimum Gasteiger partial charge on any atom is -0.481 e. The molecule has 1 aliphatic rings. The van der Waals surface area contributed by atoms with Crippen molar-refractivity contribution in [2.45, 2.75) is 57.0 Å². The van der Waals surface area contributed by atoms with Gasteiger partial charge in [-0.2, -0.15) is 0 Å². The van der Waals surface area contributed by atoms with E-state index < -0.39 is 35.8 Å². The van der Waals surface area contributed by atoms with Crippen LogP contribution in [0.25, 0.3) is 0 Å². The highest BCUT2D eigenvalue weighted by Gasteiger charge is 2.43. The maximum absolute atomic E-state index is 11.8. The average Bonchev–Trinajstić information content (AvgIpc) is 2.38. The summed E-state index contributed by atoms with van der Waals surface area (Å²) in [4.78, 5) is 33.9. The molecule has 0 heterocycles. The van der Waals surface area contributed by atoms with Crippen LogP contribution in [-0.4, -0.2) is 39.6 Å². The van der Waals surface area contributed by atoms with Gasteiger partial charge in [0.05, 0.1) is 12.5 Å². The van der Waals surface area contributed by atoms with Gasteiger partial charge in [-0.25, -0.2) is 4.79 Å². The average molecular weight is 286 g/mol. The second-order valence-electron chi connectivity index (χ2n) is 5.43. The van der Waals surface area contributed by atoms with Crippen molar-refractivity contribution >= 4 is 17.8 Å². The third-order valence-electron chi connectivity index (χ3n) is 4.04. The molecular weight excluding hydrogens is 264 g/mol. The van der Waals surface area contributed by atoms with E-state index in [1.165, 1.54) is 0 Å². The summed E-state index contributed by atoms with van der Waals surface area (Å²) in [5, 5.41) is 20.4. The van der Waals surface area contributed by atoms with Gasteiger partial charge in [-0.15, -0.1) is 0 Å². The van der Waals surface area contributed by atoms with Gasteiger partial charge in [-0.3, -0.25) is 9.59 Å². The molecule has 1 amide bonds. The normalized spacial score (nSPS) is 27.6. The number of nitrogens with one attached hydrogen (secondary N) is 1. The van der Waals surface area contributed by atoms with E-state index in [0.717, 1.165) is 19.3 Å². The molecule has 7 heteroatoms. The summed E-state index contributed by atoms with van der Waals surface area (Å²) >= 11 is 0. The van der Waals surface area contributed by atoms with Crippen molar-refractivity contribution < 1.29 is 24.6 Å². The summed E-state index contributed by atoms with van der Waals surface area (Å²) in [6.45, 7) is 2.06. The molecule has 1 aliphatic carbocycles. The van der Waals surface area contributed by atoms with Crippen LogP contribution < -0.4 is 11.1 Å². The molecule has 20 heavy (non-hydrogen) atoms. The third kappa shape index (κ3) is 3.93. The zero-order valence-electron chi connectivity index (χ0n) is 11.6. The predicted octanol–water partition coefficient (Wildman–Crippen LogP) is 0.328. The zero-order chi connectivity index (χ0) is 15.3. The van der Waals surface area contributed by atoms with Gasteiger partial charge in [0.2, 0.25) is 5.91 Å². The minimum absolute atomic E-state index is 0.354. The second-order valence-corrected chi connectivity index (χ2v) is 5.43. The molecule has 0 aliphatic heterocycles. The Kier molecular flexibility index (Phi) is 5.50. The number of hydrogen-bond acceptors (Lipinski definition) is 4. The first-order valence-corrected chi connectivity index (χ1v) is 6.83. The van der Waals surface area contributed by atoms with Crippen molar-refractivity contribution in [3.63, 3.8) is 0 Å². The quantitative estimate of drug-likeness (QED) is 0.556. The number of nitrogens with two attached hydrogens (primary N) is 1. The summed E-state index contributed by atoms with van der Waals surface area (Å²) in [7, 11) is 0. The number of carboxylic acids is 2. The Hall–Kier alpha value is -1.63. The monoisotopic (exact) mass is 286 g/mol. The van der Waals surface area contributed by atoms with Gasteiger partial charge in [0.25, 0.3) is 0 Å². The summed E-state index contributed by atoms with van der Waals surface area (Å²) in [5.41, 5.74) is 4.16. The summed E-state index contributed by atoms with van der Waals surface area (Å²) < 4.78 is 0. The molecule has 0 spiro atoms. The third-order valence-corrected chi connectivity index (χ3v) is 4.04. The summed E-state index contributed by atoms with van der Waals surface area (Å²) in [6.07, 6.45) is 2.65. The fourth-order valence-electron chi connectivity index (χ4n) is 2.58. The van der Waals surface area contributed by atoms with E-state index >= 15 is 0 Å². The molecule has 0 bridgehead atoms. The maximum atomic E-state index is 11.8. The van der Waals surface area contributed by atoms with Crippen molar-refractivity contribution in [2.24, 2.45) is 11.7 Å². The number of carboxylic acid groups (broad SMARTS) is 2. The van der Waals surface area contributed by atoms with Gasteiger partial charge in [0, 0.05) is 0 Å². The van der Waals surface area contributed by atoms with E-state index in [4.69, 9.17) is 10.8 Å². The van der Waals surface area contributed by atoms with Gasteiger partial charge < -0.3 is 21.3 Å². The van der Waals surface area contributed by atoms with Crippen LogP contribution in [0.5, 0.6) is 0 Å². The van der Waals surface area contributed by atoms with Crippen LogP contribution >= 0.6 is 0 Å². The van der Waals surface area contributed by atoms with Crippen molar-refractivity contribution in [2.75, 3.05) is 0 Å². The lowest BCUT2D eigenvalue weighted by Gasteiger charge is -2.37. The van der Waals surface area contributed by atoms with E-state index in [0.29, 0.717) is 18.8 Å². The highest BCUT2D eigenvalue weighted by molar-refractivity contribution is 5.91. The zero-order valence-corrected chi connectivity index (χ0v) is 11.6. The molecular formula is C13H22N2O5. The standard InChI is InChI=1S/C13H22N2O5/c1-2-8-3-5-13(6-4-8,12(19)20)15-11(18)9(14)7-10(16)17/h8-9H,2-7,14H2,1H3,(H,15,18)(H,16,17)(H,19,20). The van der Waals surface area contributed by atoms with Crippen LogP contribution in [-0.2, 0) is 14.4 Å². The van der Waals surface area contributed by atoms with Crippen LogP contribution in [0.4, 0.5) is 0 Å². The summed E-state index contributed by atoms with van der Waals surface area (Å²) in [6, 6.07) is -1.23. The second kappa shape index (κ2) is 6.69. The van der Waals surface area contributed by atoms with Gasteiger partial charge >= 0.3 is 11.9 Å². The van der Waals surface area contributed by atoms with E-state index in [9.17, 15) is 19.5 Å². The molecule has 7 nitrogen and oxygen atoms in total. The largest absolute Gasteiger partial charge is 0.481 e. The van der Waals surface area contributed by atoms with Crippen LogP contribution in [0.15, 0.2) is 0 Å². The Balaban J connectivity index is 2.71. The highest BCUT2D eigenvalue weighted by Crippen LogP contribution is 2.34. The fourth-order valence-corrected chi connectivity index (χ4v) is 2.58. The van der Waals surface area contributed by atoms with E-state index in [-0.39, 0.29) is 0 Å². The molecule has 1 atom stereocenters. The first-order valence-electron chi connectivity index (χ1n) is 6.83. The lowest BCUT2D eigenvalue weighted by Crippen LogP contribution is -2.59. The fraction of sp³-hybridized carbons (Fsp3) is 0.769. The number of rotatable bonds is 6. The molecule has 1 unspecified atom stereocenters. The predicted molar refractivity (Wildman–Crippen MR) is 71.0 cm³/mol. The molecule has 0 saturated heterocycles. The molecule has 0 aromatic carbocycles. The lowest BCUT2D eigenvalue weighted by molar-refractivity contribution is -0.150. The first kappa shape index (κ1) is 16.4. The van der Waals surface area contributed by atoms with Crippen molar-refractivity contribution in [3.05, 3.63) is 0 Å². The number of hydrogen-bond donors (Lipinski definition) is 4. The molecule has 0 aromatic rings. The lowest BCUT2D eigenvalue weighted by atomic mass is 9.75. The van der Waals surface area contributed by atoms with Crippen LogP contribution in [0.1, 0.15) is 45.4 Å². The number of amides is 1. The molecule has 114 valence electrons. The Morgan fingerprint density at radius 3 is 2.25 bits per heavy atom. The molecule has 1 fully saturated rings. The molecule has 5 N–H and O–H groups in total. The van der Waals surface area contributed by atoms with Crippen molar-refractivity contribution in [3.8, 4) is 0 Å². The van der Waals surface area contributed by atoms with E-state index in [2.05, 4.69) is 12.2 Å². The Labute approximate surface area is 117 Å². The molecule has 1 rings (SSSR count). The Morgan fingerprint density at radius 1 is 1.30 bits per heavy atom. The number of carbonyl (C=O) groups is 3. The summed E-state index contributed by atoms with van der Waals surface area (Å²) in [5.74, 6) is -2.51. The highest BCUT2D eigenvalue weighted by atomic mass is 16.4. The topological polar surface area (TPSA) is 130 Å². The first-order chi connectivity index (χ1) is 9.30. The maximum Gasteiger partial charge on any atom is 0.329 e. The Bertz CT molecular complexity index is 388. The van der Waals surface area contributed by atoms with Crippen LogP contribution in [0.2, 0.25) is 0 Å². The van der Waals surface area contributed by atoms with Gasteiger partial charge in [0.1, 0.15) is 5.54 Å². The van der Waals surface area contributed by atoms with E-state index in [1.807, 2.05) is 0 Å². The smallest absolute Gasteiger partial charge is 0.329 e. The van der Waals surface area contributed by atoms with Gasteiger partial charge in [-0.1, -0.05) is 13.3 Å². The van der Waals surface area contributed by atoms with E-state index in [1.54, 1.807) is 0 Å². The minimum atomic E-state index is -1.31. The molecule has 0 aromatic heterocycles. The van der Waals surface area contributed by atoms with Crippen LogP contribution in [0.3, 0.4) is 0 Å². The van der Waals surface area contributed by atoms with Crippen LogP contribution in [0, 0.1) is 5.92 Å². The van der Waals surface area contributed by atoms with Gasteiger partial charge in [-0.05, 0) is 31.6 Å². The van der Waals surface area contributed by atoms with Crippen molar-refractivity contribution in [1.82, 2.24) is 5.32 Å². The van der Waals surface area contributed by atoms with Gasteiger partial charge in [0.15, 0.2) is 0 Å². The number of aliphatic carboxylic acids is 2. The Morgan fingerprint density at radius 2 is 1.85 bits per heavy atom. The molecule has 1 saturated carbocycles. The van der Waals surface area contributed by atoms with Crippen molar-refractivity contribution in [1.29, 1.82) is 0 Å². The molecule has 0 radical (unpaired) electrons. The SMILES string of the molecule is CCC1CCC(NC(=O)C(N)CC(=O)O)(C(=O)O)CC1. The number of carbonyl (C=O) groups excluding carboxylic acids is 1.